The highest BCUT2D eigenvalue weighted by Gasteiger charge is 2.39. The molecule has 2 N–H and O–H groups in total. The number of nitrogens with zero attached hydrogens (tertiary/aromatic N) is 1. The summed E-state index contributed by atoms with van der Waals surface area (Å²) in [5.74, 6) is 0. The van der Waals surface area contributed by atoms with Crippen LogP contribution in [0.5, 0.6) is 0 Å². The minimum absolute atomic E-state index is 0.104. The van der Waals surface area contributed by atoms with Gasteiger partial charge in [0.15, 0.2) is 8.32 Å². The van der Waals surface area contributed by atoms with Gasteiger partial charge in [0.25, 0.3) is 0 Å². The van der Waals surface area contributed by atoms with Gasteiger partial charge in [0.2, 0.25) is 0 Å². The van der Waals surface area contributed by atoms with Crippen molar-refractivity contribution in [3.05, 3.63) is 35.9 Å². The van der Waals surface area contributed by atoms with Crippen molar-refractivity contribution in [2.24, 2.45) is 0 Å². The maximum absolute atomic E-state index is 10.1. The monoisotopic (exact) mass is 381 g/mol. The standard InChI is InChI=1S/C20H35NO4Si/c1-20(2,3)26(4,5)24-15-17-12-21(11-16-9-7-6-8-10-16)13-19(25-17)18(23)14-22/h6-10,17-19,22-23H,11-15H2,1-5H3. The van der Waals surface area contributed by atoms with Crippen LogP contribution in [0.4, 0.5) is 0 Å². The molecule has 6 heteroatoms. The van der Waals surface area contributed by atoms with Crippen LogP contribution in [-0.4, -0.2) is 68.0 Å². The molecule has 1 aliphatic rings. The highest BCUT2D eigenvalue weighted by molar-refractivity contribution is 6.74. The van der Waals surface area contributed by atoms with E-state index in [1.165, 1.54) is 5.56 Å². The smallest absolute Gasteiger partial charge is 0.192 e. The van der Waals surface area contributed by atoms with E-state index in [0.717, 1.165) is 13.1 Å². The summed E-state index contributed by atoms with van der Waals surface area (Å²) in [7, 11) is -1.85. The van der Waals surface area contributed by atoms with Gasteiger partial charge in [0.05, 0.1) is 25.4 Å². The summed E-state index contributed by atoms with van der Waals surface area (Å²) in [6.07, 6.45) is -1.37. The Labute approximate surface area is 159 Å². The second kappa shape index (κ2) is 8.95. The second-order valence-corrected chi connectivity index (χ2v) is 13.6. The van der Waals surface area contributed by atoms with Gasteiger partial charge in [-0.2, -0.15) is 0 Å². The molecule has 0 spiro atoms. The van der Waals surface area contributed by atoms with Gasteiger partial charge in [-0.1, -0.05) is 51.1 Å². The summed E-state index contributed by atoms with van der Waals surface area (Å²) in [5, 5.41) is 19.6. The van der Waals surface area contributed by atoms with Crippen LogP contribution in [0.1, 0.15) is 26.3 Å². The molecule has 26 heavy (non-hydrogen) atoms. The lowest BCUT2D eigenvalue weighted by molar-refractivity contribution is -0.149. The number of hydrogen-bond acceptors (Lipinski definition) is 5. The van der Waals surface area contributed by atoms with Crippen molar-refractivity contribution < 1.29 is 19.4 Å². The van der Waals surface area contributed by atoms with Gasteiger partial charge in [0, 0.05) is 19.6 Å². The van der Waals surface area contributed by atoms with Crippen LogP contribution >= 0.6 is 0 Å². The van der Waals surface area contributed by atoms with Gasteiger partial charge in [-0.3, -0.25) is 4.90 Å². The third kappa shape index (κ3) is 5.87. The number of hydrogen-bond donors (Lipinski definition) is 2. The lowest BCUT2D eigenvalue weighted by Crippen LogP contribution is -2.54. The highest BCUT2D eigenvalue weighted by atomic mass is 28.4. The second-order valence-electron chi connectivity index (χ2n) is 8.80. The zero-order valence-electron chi connectivity index (χ0n) is 16.8. The van der Waals surface area contributed by atoms with Gasteiger partial charge >= 0.3 is 0 Å². The van der Waals surface area contributed by atoms with Gasteiger partial charge in [-0.15, -0.1) is 0 Å². The number of rotatable bonds is 7. The van der Waals surface area contributed by atoms with Crippen molar-refractivity contribution in [1.29, 1.82) is 0 Å². The molecule has 0 radical (unpaired) electrons. The van der Waals surface area contributed by atoms with E-state index in [9.17, 15) is 10.2 Å². The van der Waals surface area contributed by atoms with Crippen LogP contribution in [0.25, 0.3) is 0 Å². The third-order valence-corrected chi connectivity index (χ3v) is 10.1. The first-order valence-corrected chi connectivity index (χ1v) is 12.4. The summed E-state index contributed by atoms with van der Waals surface area (Å²) >= 11 is 0. The summed E-state index contributed by atoms with van der Waals surface area (Å²) in [6.45, 7) is 13.5. The van der Waals surface area contributed by atoms with Crippen molar-refractivity contribution >= 4 is 8.32 Å². The molecule has 0 amide bonds. The third-order valence-electron chi connectivity index (χ3n) is 5.57. The fourth-order valence-electron chi connectivity index (χ4n) is 2.86. The minimum atomic E-state index is -1.85. The Kier molecular flexibility index (Phi) is 7.41. The highest BCUT2D eigenvalue weighted by Crippen LogP contribution is 2.36. The summed E-state index contributed by atoms with van der Waals surface area (Å²) < 4.78 is 12.4. The van der Waals surface area contributed by atoms with Crippen molar-refractivity contribution in [3.63, 3.8) is 0 Å². The van der Waals surface area contributed by atoms with E-state index in [0.29, 0.717) is 13.2 Å². The maximum atomic E-state index is 10.1. The van der Waals surface area contributed by atoms with E-state index in [1.54, 1.807) is 0 Å². The van der Waals surface area contributed by atoms with Crippen LogP contribution in [0.3, 0.4) is 0 Å². The molecule has 1 aliphatic heterocycles. The maximum Gasteiger partial charge on any atom is 0.192 e. The summed E-state index contributed by atoms with van der Waals surface area (Å²) in [5.41, 5.74) is 1.23. The molecule has 1 aromatic rings. The molecule has 1 aromatic carbocycles. The Hall–Kier alpha value is -0.763. The number of morpholine rings is 1. The van der Waals surface area contributed by atoms with E-state index in [4.69, 9.17) is 9.16 Å². The molecule has 3 atom stereocenters. The summed E-state index contributed by atoms with van der Waals surface area (Å²) in [4.78, 5) is 2.28. The van der Waals surface area contributed by atoms with Gasteiger partial charge in [-0.25, -0.2) is 0 Å². The fourth-order valence-corrected chi connectivity index (χ4v) is 3.90. The number of aliphatic hydroxyl groups is 2. The van der Waals surface area contributed by atoms with Crippen LogP contribution < -0.4 is 0 Å². The molecule has 1 saturated heterocycles. The first kappa shape index (κ1) is 21.5. The quantitative estimate of drug-likeness (QED) is 0.711. The van der Waals surface area contributed by atoms with Gasteiger partial charge in [0.1, 0.15) is 6.10 Å². The first-order chi connectivity index (χ1) is 12.1. The molecular weight excluding hydrogens is 346 g/mol. The molecule has 0 aliphatic carbocycles. The average Bonchev–Trinajstić information content (AvgIpc) is 2.59. The van der Waals surface area contributed by atoms with E-state index >= 15 is 0 Å². The largest absolute Gasteiger partial charge is 0.414 e. The Morgan fingerprint density at radius 2 is 1.88 bits per heavy atom. The fraction of sp³-hybridized carbons (Fsp3) is 0.700. The SMILES string of the molecule is CC(C)(C)[Si](C)(C)OCC1CN(Cc2ccccc2)CC(C(O)CO)O1. The molecule has 0 saturated carbocycles. The average molecular weight is 382 g/mol. The number of ether oxygens (including phenoxy) is 1. The lowest BCUT2D eigenvalue weighted by atomic mass is 10.1. The van der Waals surface area contributed by atoms with Gasteiger partial charge < -0.3 is 19.4 Å². The Balaban J connectivity index is 2.02. The zero-order valence-corrected chi connectivity index (χ0v) is 17.8. The van der Waals surface area contributed by atoms with Crippen LogP contribution in [0.15, 0.2) is 30.3 Å². The van der Waals surface area contributed by atoms with E-state index in [1.807, 2.05) is 18.2 Å². The van der Waals surface area contributed by atoms with Crippen molar-refractivity contribution in [3.8, 4) is 0 Å². The van der Waals surface area contributed by atoms with Crippen LogP contribution in [0.2, 0.25) is 18.1 Å². The Bertz CT molecular complexity index is 546. The predicted octanol–water partition coefficient (Wildman–Crippen LogP) is 2.63. The topological polar surface area (TPSA) is 62.2 Å². The number of aliphatic hydroxyl groups excluding tert-OH is 2. The zero-order chi connectivity index (χ0) is 19.4. The molecule has 1 heterocycles. The summed E-state index contributed by atoms with van der Waals surface area (Å²) in [6, 6.07) is 10.3. The first-order valence-electron chi connectivity index (χ1n) is 9.47. The normalized spacial score (nSPS) is 23.8. The van der Waals surface area contributed by atoms with E-state index in [-0.39, 0.29) is 17.7 Å². The minimum Gasteiger partial charge on any atom is -0.414 e. The van der Waals surface area contributed by atoms with E-state index < -0.39 is 20.5 Å². The Morgan fingerprint density at radius 1 is 1.23 bits per heavy atom. The predicted molar refractivity (Wildman–Crippen MR) is 107 cm³/mol. The van der Waals surface area contributed by atoms with Crippen LogP contribution in [0, 0.1) is 0 Å². The van der Waals surface area contributed by atoms with Crippen molar-refractivity contribution in [1.82, 2.24) is 4.90 Å². The molecule has 2 rings (SSSR count). The molecule has 0 bridgehead atoms. The van der Waals surface area contributed by atoms with E-state index in [2.05, 4.69) is 50.9 Å². The number of benzene rings is 1. The molecule has 5 nitrogen and oxygen atoms in total. The van der Waals surface area contributed by atoms with Crippen molar-refractivity contribution in [2.75, 3.05) is 26.3 Å². The van der Waals surface area contributed by atoms with Gasteiger partial charge in [-0.05, 0) is 23.7 Å². The Morgan fingerprint density at radius 3 is 2.46 bits per heavy atom. The molecule has 148 valence electrons. The molecule has 3 unspecified atom stereocenters. The lowest BCUT2D eigenvalue weighted by Gasteiger charge is -2.42. The van der Waals surface area contributed by atoms with Crippen molar-refractivity contribution in [2.45, 2.75) is 63.8 Å². The molecular formula is C20H35NO4Si. The van der Waals surface area contributed by atoms with Crippen LogP contribution in [-0.2, 0) is 15.7 Å². The molecule has 1 fully saturated rings. The molecule has 0 aromatic heterocycles.